The molecule has 1 aliphatic carbocycles. The molecule has 1 saturated heterocycles. The maximum atomic E-state index is 12.7. The van der Waals surface area contributed by atoms with Crippen molar-refractivity contribution >= 4 is 17.7 Å². The number of benzene rings is 1. The number of carbonyl (C=O) groups is 3. The predicted octanol–water partition coefficient (Wildman–Crippen LogP) is 1.20. The van der Waals surface area contributed by atoms with Gasteiger partial charge in [-0.15, -0.1) is 0 Å². The van der Waals surface area contributed by atoms with Gasteiger partial charge in [-0.05, 0) is 49.3 Å². The van der Waals surface area contributed by atoms with Gasteiger partial charge in [0.1, 0.15) is 6.04 Å². The van der Waals surface area contributed by atoms with Crippen molar-refractivity contribution in [2.45, 2.75) is 76.2 Å². The van der Waals surface area contributed by atoms with Gasteiger partial charge in [0.2, 0.25) is 11.8 Å². The summed E-state index contributed by atoms with van der Waals surface area (Å²) < 4.78 is 0. The van der Waals surface area contributed by atoms with Gasteiger partial charge in [-0.1, -0.05) is 18.6 Å². The summed E-state index contributed by atoms with van der Waals surface area (Å²) >= 11 is 0. The molecular weight excluding hydrogens is 356 g/mol. The van der Waals surface area contributed by atoms with Gasteiger partial charge in [-0.25, -0.2) is 0 Å². The van der Waals surface area contributed by atoms with Crippen LogP contribution in [0.1, 0.15) is 66.4 Å². The number of imide groups is 1. The Balaban J connectivity index is 1.39. The van der Waals surface area contributed by atoms with E-state index in [-0.39, 0.29) is 24.1 Å². The summed E-state index contributed by atoms with van der Waals surface area (Å²) in [5, 5.41) is 5.97. The molecule has 3 atom stereocenters. The average Bonchev–Trinajstić information content (AvgIpc) is 2.84. The number of hydrogen-bond donors (Lipinski definition) is 3. The number of rotatable bonds is 4. The SMILES string of the molecule is NC1CCCC(NCc2ccc3c(c2)CN(C2CCC(=O)NC2=O)C3=O)CC1. The standard InChI is InChI=1S/C21H28N4O3/c22-15-2-1-3-16(6-5-15)23-11-13-4-7-17-14(10-13)12-25(21(17)28)18-8-9-19(26)24-20(18)27/h4,7,10,15-16,18,23H,1-3,5-6,8-9,11-12,22H2,(H,24,26,27). The molecule has 1 saturated carbocycles. The normalized spacial score (nSPS) is 28.1. The van der Waals surface area contributed by atoms with Gasteiger partial charge >= 0.3 is 0 Å². The van der Waals surface area contributed by atoms with Crippen LogP contribution in [0.2, 0.25) is 0 Å². The van der Waals surface area contributed by atoms with E-state index in [4.69, 9.17) is 5.73 Å². The lowest BCUT2D eigenvalue weighted by molar-refractivity contribution is -0.136. The van der Waals surface area contributed by atoms with Crippen LogP contribution in [0.3, 0.4) is 0 Å². The minimum absolute atomic E-state index is 0.123. The summed E-state index contributed by atoms with van der Waals surface area (Å²) in [6.45, 7) is 1.19. The first-order valence-electron chi connectivity index (χ1n) is 10.3. The van der Waals surface area contributed by atoms with Crippen LogP contribution in [-0.4, -0.2) is 40.7 Å². The fraction of sp³-hybridized carbons (Fsp3) is 0.571. The fourth-order valence-corrected chi connectivity index (χ4v) is 4.53. The van der Waals surface area contributed by atoms with Crippen LogP contribution in [-0.2, 0) is 22.7 Å². The molecule has 0 bridgehead atoms. The summed E-state index contributed by atoms with van der Waals surface area (Å²) in [6, 6.07) is 6.17. The van der Waals surface area contributed by atoms with E-state index in [0.29, 0.717) is 30.6 Å². The molecule has 0 aromatic heterocycles. The highest BCUT2D eigenvalue weighted by Gasteiger charge is 2.39. The lowest BCUT2D eigenvalue weighted by Gasteiger charge is -2.29. The molecule has 3 amide bonds. The van der Waals surface area contributed by atoms with E-state index in [1.165, 1.54) is 6.42 Å². The molecule has 7 heteroatoms. The minimum atomic E-state index is -0.561. The third-order valence-electron chi connectivity index (χ3n) is 6.20. The summed E-state index contributed by atoms with van der Waals surface area (Å²) in [5.41, 5.74) is 8.82. The number of nitrogens with one attached hydrogen (secondary N) is 2. The van der Waals surface area contributed by atoms with Gasteiger partial charge in [0, 0.05) is 37.2 Å². The maximum Gasteiger partial charge on any atom is 0.255 e. The zero-order chi connectivity index (χ0) is 19.7. The summed E-state index contributed by atoms with van der Waals surface area (Å²) in [4.78, 5) is 37.8. The second kappa shape index (κ2) is 8.01. The topological polar surface area (TPSA) is 105 Å². The lowest BCUT2D eigenvalue weighted by atomic mass is 10.0. The van der Waals surface area contributed by atoms with Crippen LogP contribution in [0.5, 0.6) is 0 Å². The molecule has 4 rings (SSSR count). The molecule has 7 nitrogen and oxygen atoms in total. The zero-order valence-corrected chi connectivity index (χ0v) is 16.1. The molecule has 1 aromatic rings. The van der Waals surface area contributed by atoms with Crippen molar-refractivity contribution in [2.75, 3.05) is 0 Å². The van der Waals surface area contributed by atoms with Crippen molar-refractivity contribution in [1.29, 1.82) is 0 Å². The first kappa shape index (κ1) is 19.1. The van der Waals surface area contributed by atoms with Crippen LogP contribution < -0.4 is 16.4 Å². The number of hydrogen-bond acceptors (Lipinski definition) is 5. The van der Waals surface area contributed by atoms with E-state index >= 15 is 0 Å². The van der Waals surface area contributed by atoms with Crippen molar-refractivity contribution in [2.24, 2.45) is 5.73 Å². The first-order valence-corrected chi connectivity index (χ1v) is 10.3. The third kappa shape index (κ3) is 3.95. The molecule has 150 valence electrons. The van der Waals surface area contributed by atoms with Crippen molar-refractivity contribution < 1.29 is 14.4 Å². The Kier molecular flexibility index (Phi) is 5.46. The van der Waals surface area contributed by atoms with E-state index in [1.54, 1.807) is 4.90 Å². The molecule has 0 radical (unpaired) electrons. The Bertz CT molecular complexity index is 794. The number of amides is 3. The molecule has 3 unspecified atom stereocenters. The second-order valence-electron chi connectivity index (χ2n) is 8.24. The highest BCUT2D eigenvalue weighted by atomic mass is 16.2. The lowest BCUT2D eigenvalue weighted by Crippen LogP contribution is -2.52. The largest absolute Gasteiger partial charge is 0.328 e. The molecule has 2 heterocycles. The quantitative estimate of drug-likeness (QED) is 0.534. The van der Waals surface area contributed by atoms with Crippen molar-refractivity contribution in [1.82, 2.24) is 15.5 Å². The van der Waals surface area contributed by atoms with Gasteiger partial charge in [-0.2, -0.15) is 0 Å². The smallest absolute Gasteiger partial charge is 0.255 e. The van der Waals surface area contributed by atoms with Gasteiger partial charge < -0.3 is 16.0 Å². The zero-order valence-electron chi connectivity index (χ0n) is 16.1. The Morgan fingerprint density at radius 1 is 1.11 bits per heavy atom. The minimum Gasteiger partial charge on any atom is -0.328 e. The first-order chi connectivity index (χ1) is 13.5. The fourth-order valence-electron chi connectivity index (χ4n) is 4.53. The Labute approximate surface area is 165 Å². The molecule has 2 fully saturated rings. The van der Waals surface area contributed by atoms with Gasteiger partial charge in [0.15, 0.2) is 0 Å². The number of piperidine rings is 1. The van der Waals surface area contributed by atoms with Crippen molar-refractivity contribution in [3.8, 4) is 0 Å². The predicted molar refractivity (Wildman–Crippen MR) is 104 cm³/mol. The molecule has 0 spiro atoms. The van der Waals surface area contributed by atoms with E-state index < -0.39 is 6.04 Å². The van der Waals surface area contributed by atoms with E-state index in [0.717, 1.165) is 43.4 Å². The molecule has 3 aliphatic rings. The summed E-state index contributed by atoms with van der Waals surface area (Å²) in [7, 11) is 0. The molecule has 1 aromatic carbocycles. The van der Waals surface area contributed by atoms with Crippen molar-refractivity contribution in [3.05, 3.63) is 34.9 Å². The molecule has 2 aliphatic heterocycles. The Morgan fingerprint density at radius 3 is 2.79 bits per heavy atom. The second-order valence-corrected chi connectivity index (χ2v) is 8.24. The van der Waals surface area contributed by atoms with Gasteiger partial charge in [-0.3, -0.25) is 19.7 Å². The monoisotopic (exact) mass is 384 g/mol. The van der Waals surface area contributed by atoms with Gasteiger partial charge in [0.25, 0.3) is 5.91 Å². The Hall–Kier alpha value is -2.25. The highest BCUT2D eigenvalue weighted by Crippen LogP contribution is 2.28. The highest BCUT2D eigenvalue weighted by molar-refractivity contribution is 6.05. The van der Waals surface area contributed by atoms with Crippen molar-refractivity contribution in [3.63, 3.8) is 0 Å². The van der Waals surface area contributed by atoms with Crippen LogP contribution in [0.15, 0.2) is 18.2 Å². The van der Waals surface area contributed by atoms with Gasteiger partial charge in [0.05, 0.1) is 0 Å². The maximum absolute atomic E-state index is 12.7. The van der Waals surface area contributed by atoms with E-state index in [1.807, 2.05) is 12.1 Å². The molecular formula is C21H28N4O3. The Morgan fingerprint density at radius 2 is 1.96 bits per heavy atom. The number of nitrogens with zero attached hydrogens (tertiary/aromatic N) is 1. The number of carbonyl (C=O) groups excluding carboxylic acids is 3. The number of fused-ring (bicyclic) bond motifs is 1. The third-order valence-corrected chi connectivity index (χ3v) is 6.20. The summed E-state index contributed by atoms with van der Waals surface area (Å²) in [5.74, 6) is -0.758. The summed E-state index contributed by atoms with van der Waals surface area (Å²) in [6.07, 6.45) is 6.26. The molecule has 4 N–H and O–H groups in total. The van der Waals surface area contributed by atoms with Crippen LogP contribution in [0, 0.1) is 0 Å². The number of nitrogens with two attached hydrogens (primary N) is 1. The van der Waals surface area contributed by atoms with Crippen LogP contribution >= 0.6 is 0 Å². The average molecular weight is 384 g/mol. The van der Waals surface area contributed by atoms with E-state index in [9.17, 15) is 14.4 Å². The molecule has 28 heavy (non-hydrogen) atoms. The van der Waals surface area contributed by atoms with E-state index in [2.05, 4.69) is 16.7 Å². The van der Waals surface area contributed by atoms with Crippen LogP contribution in [0.25, 0.3) is 0 Å². The van der Waals surface area contributed by atoms with Crippen LogP contribution in [0.4, 0.5) is 0 Å².